The van der Waals surface area contributed by atoms with E-state index in [4.69, 9.17) is 10.5 Å². The van der Waals surface area contributed by atoms with Gasteiger partial charge >= 0.3 is 5.97 Å². The Hall–Kier alpha value is -1.78. The smallest absolute Gasteiger partial charge is 0.340 e. The number of rotatable bonds is 8. The van der Waals surface area contributed by atoms with Gasteiger partial charge in [-0.15, -0.1) is 0 Å². The Balaban J connectivity index is 2.61. The van der Waals surface area contributed by atoms with Crippen molar-refractivity contribution in [2.75, 3.05) is 12.8 Å². The molecule has 2 N–H and O–H groups in total. The van der Waals surface area contributed by atoms with Gasteiger partial charge in [0.25, 0.3) is 0 Å². The van der Waals surface area contributed by atoms with Crippen LogP contribution in [0.1, 0.15) is 56.3 Å². The van der Waals surface area contributed by atoms with Crippen molar-refractivity contribution in [3.05, 3.63) is 17.8 Å². The Morgan fingerprint density at radius 2 is 2.15 bits per heavy atom. The van der Waals surface area contributed by atoms with Crippen LogP contribution in [-0.4, -0.2) is 24.2 Å². The molecule has 0 saturated heterocycles. The highest BCUT2D eigenvalue weighted by Crippen LogP contribution is 2.24. The van der Waals surface area contributed by atoms with E-state index in [0.717, 1.165) is 12.8 Å². The average molecular weight is 280 g/mol. The summed E-state index contributed by atoms with van der Waals surface area (Å²) in [5.74, 6) is -0.179. The maximum atomic E-state index is 11.5. The minimum atomic E-state index is -0.481. The quantitative estimate of drug-likeness (QED) is 0.584. The van der Waals surface area contributed by atoms with E-state index in [0.29, 0.717) is 5.88 Å². The fraction of sp³-hybridized carbons (Fsp3) is 0.600. The van der Waals surface area contributed by atoms with E-state index >= 15 is 0 Å². The van der Waals surface area contributed by atoms with Crippen LogP contribution in [0.5, 0.6) is 5.88 Å². The van der Waals surface area contributed by atoms with Crippen molar-refractivity contribution in [1.29, 1.82) is 0 Å². The zero-order chi connectivity index (χ0) is 15.0. The van der Waals surface area contributed by atoms with E-state index < -0.39 is 5.97 Å². The summed E-state index contributed by atoms with van der Waals surface area (Å²) in [5, 5.41) is 0. The van der Waals surface area contributed by atoms with Gasteiger partial charge in [0.15, 0.2) is 0 Å². The maximum Gasteiger partial charge on any atom is 0.340 e. The van der Waals surface area contributed by atoms with Crippen LogP contribution < -0.4 is 10.5 Å². The lowest BCUT2D eigenvalue weighted by molar-refractivity contribution is 0.0601. The molecular formula is C15H24N2O3. The van der Waals surface area contributed by atoms with Gasteiger partial charge in [-0.05, 0) is 25.8 Å². The third kappa shape index (κ3) is 4.72. The van der Waals surface area contributed by atoms with Gasteiger partial charge in [-0.25, -0.2) is 9.78 Å². The summed E-state index contributed by atoms with van der Waals surface area (Å²) in [6.45, 7) is 4.17. The summed E-state index contributed by atoms with van der Waals surface area (Å²) in [6.07, 6.45) is 7.25. The molecule has 112 valence electrons. The number of hydrogen-bond donors (Lipinski definition) is 1. The molecule has 1 atom stereocenters. The van der Waals surface area contributed by atoms with E-state index in [-0.39, 0.29) is 17.4 Å². The second-order valence-corrected chi connectivity index (χ2v) is 4.85. The summed E-state index contributed by atoms with van der Waals surface area (Å²) in [4.78, 5) is 15.6. The molecule has 5 heteroatoms. The number of esters is 1. The molecular weight excluding hydrogens is 256 g/mol. The third-order valence-corrected chi connectivity index (χ3v) is 3.14. The molecule has 0 aliphatic heterocycles. The van der Waals surface area contributed by atoms with E-state index in [9.17, 15) is 4.79 Å². The SMILES string of the molecule is CCCCCCC(C)Oc1nccc(C(=O)OC)c1N. The lowest BCUT2D eigenvalue weighted by atomic mass is 10.1. The van der Waals surface area contributed by atoms with Gasteiger partial charge in [0.2, 0.25) is 5.88 Å². The number of hydrogen-bond acceptors (Lipinski definition) is 5. The van der Waals surface area contributed by atoms with E-state index in [1.165, 1.54) is 38.6 Å². The second-order valence-electron chi connectivity index (χ2n) is 4.85. The lowest BCUT2D eigenvalue weighted by Crippen LogP contribution is -2.15. The highest BCUT2D eigenvalue weighted by Gasteiger charge is 2.16. The van der Waals surface area contributed by atoms with E-state index in [2.05, 4.69) is 16.6 Å². The highest BCUT2D eigenvalue weighted by atomic mass is 16.5. The molecule has 0 amide bonds. The van der Waals surface area contributed by atoms with Crippen molar-refractivity contribution < 1.29 is 14.3 Å². The Morgan fingerprint density at radius 3 is 2.80 bits per heavy atom. The molecule has 1 aromatic heterocycles. The van der Waals surface area contributed by atoms with Crippen LogP contribution in [0.3, 0.4) is 0 Å². The first-order chi connectivity index (χ1) is 9.60. The fourth-order valence-corrected chi connectivity index (χ4v) is 1.94. The second kappa shape index (κ2) is 8.40. The lowest BCUT2D eigenvalue weighted by Gasteiger charge is -2.16. The zero-order valence-electron chi connectivity index (χ0n) is 12.5. The number of carbonyl (C=O) groups is 1. The maximum absolute atomic E-state index is 11.5. The van der Waals surface area contributed by atoms with Crippen LogP contribution in [0, 0.1) is 0 Å². The van der Waals surface area contributed by atoms with Crippen LogP contribution in [0.25, 0.3) is 0 Å². The van der Waals surface area contributed by atoms with Crippen LogP contribution >= 0.6 is 0 Å². The van der Waals surface area contributed by atoms with Gasteiger partial charge in [0.1, 0.15) is 5.69 Å². The molecule has 20 heavy (non-hydrogen) atoms. The molecule has 0 radical (unpaired) electrons. The molecule has 0 spiro atoms. The normalized spacial score (nSPS) is 11.9. The van der Waals surface area contributed by atoms with Crippen LogP contribution in [0.15, 0.2) is 12.3 Å². The predicted octanol–water partition coefficient (Wildman–Crippen LogP) is 3.19. The molecule has 0 saturated carbocycles. The van der Waals surface area contributed by atoms with Gasteiger partial charge in [-0.2, -0.15) is 0 Å². The molecule has 1 rings (SSSR count). The minimum absolute atomic E-state index is 0.0227. The van der Waals surface area contributed by atoms with Gasteiger partial charge in [-0.1, -0.05) is 26.2 Å². The summed E-state index contributed by atoms with van der Waals surface area (Å²) >= 11 is 0. The van der Waals surface area contributed by atoms with Crippen molar-refractivity contribution in [1.82, 2.24) is 4.98 Å². The van der Waals surface area contributed by atoms with Crippen LogP contribution in [-0.2, 0) is 4.74 Å². The Labute approximate surface area is 120 Å². The molecule has 1 heterocycles. The Kier molecular flexibility index (Phi) is 6.84. The van der Waals surface area contributed by atoms with Crippen molar-refractivity contribution in [2.24, 2.45) is 0 Å². The number of nitrogens with two attached hydrogens (primary N) is 1. The van der Waals surface area contributed by atoms with Crippen molar-refractivity contribution >= 4 is 11.7 Å². The first-order valence-electron chi connectivity index (χ1n) is 7.09. The van der Waals surface area contributed by atoms with E-state index in [1.54, 1.807) is 0 Å². The number of nitrogen functional groups attached to an aromatic ring is 1. The van der Waals surface area contributed by atoms with Gasteiger partial charge in [0, 0.05) is 6.20 Å². The summed E-state index contributed by atoms with van der Waals surface area (Å²) in [7, 11) is 1.32. The third-order valence-electron chi connectivity index (χ3n) is 3.14. The highest BCUT2D eigenvalue weighted by molar-refractivity contribution is 5.95. The van der Waals surface area contributed by atoms with Crippen molar-refractivity contribution in [3.63, 3.8) is 0 Å². The minimum Gasteiger partial charge on any atom is -0.473 e. The van der Waals surface area contributed by atoms with Crippen molar-refractivity contribution in [3.8, 4) is 5.88 Å². The molecule has 0 aliphatic rings. The summed E-state index contributed by atoms with van der Waals surface area (Å²) < 4.78 is 10.4. The number of anilines is 1. The number of nitrogens with zero attached hydrogens (tertiary/aromatic N) is 1. The van der Waals surface area contributed by atoms with Gasteiger partial charge in [0.05, 0.1) is 18.8 Å². The molecule has 0 bridgehead atoms. The van der Waals surface area contributed by atoms with E-state index in [1.807, 2.05) is 6.92 Å². The van der Waals surface area contributed by atoms with Crippen LogP contribution in [0.4, 0.5) is 5.69 Å². The Bertz CT molecular complexity index is 435. The number of methoxy groups -OCH3 is 1. The predicted molar refractivity (Wildman–Crippen MR) is 78.8 cm³/mol. The number of unbranched alkanes of at least 4 members (excludes halogenated alkanes) is 3. The molecule has 1 unspecified atom stereocenters. The van der Waals surface area contributed by atoms with Crippen molar-refractivity contribution in [2.45, 2.75) is 52.1 Å². The zero-order valence-corrected chi connectivity index (χ0v) is 12.5. The number of carbonyl (C=O) groups excluding carboxylic acids is 1. The molecule has 0 fully saturated rings. The summed E-state index contributed by atoms with van der Waals surface area (Å²) in [6, 6.07) is 1.53. The van der Waals surface area contributed by atoms with Gasteiger partial charge < -0.3 is 15.2 Å². The monoisotopic (exact) mass is 280 g/mol. The average Bonchev–Trinajstić information content (AvgIpc) is 2.45. The topological polar surface area (TPSA) is 74.4 Å². The fourth-order valence-electron chi connectivity index (χ4n) is 1.94. The van der Waals surface area contributed by atoms with Gasteiger partial charge in [-0.3, -0.25) is 0 Å². The first kappa shape index (κ1) is 16.3. The van der Waals surface area contributed by atoms with Crippen LogP contribution in [0.2, 0.25) is 0 Å². The number of aromatic nitrogens is 1. The molecule has 5 nitrogen and oxygen atoms in total. The first-order valence-corrected chi connectivity index (χ1v) is 7.09. The largest absolute Gasteiger partial charge is 0.473 e. The molecule has 0 aromatic carbocycles. The number of ether oxygens (including phenoxy) is 2. The molecule has 0 aliphatic carbocycles. The Morgan fingerprint density at radius 1 is 1.40 bits per heavy atom. The molecule has 1 aromatic rings. The standard InChI is InChI=1S/C15H24N2O3/c1-4-5-6-7-8-11(2)20-14-13(16)12(9-10-17-14)15(18)19-3/h9-11H,4-8,16H2,1-3H3. The summed E-state index contributed by atoms with van der Waals surface area (Å²) in [5.41, 5.74) is 6.42. The number of pyridine rings is 1.